The quantitative estimate of drug-likeness (QED) is 0.826. The number of nitrogens with two attached hydrogens (primary N) is 1. The molecule has 3 N–H and O–H groups in total. The SMILES string of the molecule is NC(=O)c1oc2ccccc2c1N1CCNCC1. The summed E-state index contributed by atoms with van der Waals surface area (Å²) in [4.78, 5) is 13.7. The van der Waals surface area contributed by atoms with E-state index in [0.717, 1.165) is 37.3 Å². The first-order valence-electron chi connectivity index (χ1n) is 6.04. The van der Waals surface area contributed by atoms with Gasteiger partial charge < -0.3 is 20.4 Å². The van der Waals surface area contributed by atoms with Gasteiger partial charge in [-0.05, 0) is 12.1 Å². The molecule has 2 aromatic rings. The van der Waals surface area contributed by atoms with Gasteiger partial charge in [0.2, 0.25) is 5.76 Å². The van der Waals surface area contributed by atoms with E-state index in [1.54, 1.807) is 0 Å². The number of rotatable bonds is 2. The molecule has 0 bridgehead atoms. The molecule has 0 aliphatic carbocycles. The normalized spacial score (nSPS) is 16.1. The van der Waals surface area contributed by atoms with Crippen LogP contribution < -0.4 is 16.0 Å². The highest BCUT2D eigenvalue weighted by atomic mass is 16.3. The Kier molecular flexibility index (Phi) is 2.68. The fourth-order valence-electron chi connectivity index (χ4n) is 2.40. The fourth-order valence-corrected chi connectivity index (χ4v) is 2.40. The summed E-state index contributed by atoms with van der Waals surface area (Å²) in [5.74, 6) is -0.252. The molecule has 0 saturated carbocycles. The van der Waals surface area contributed by atoms with E-state index >= 15 is 0 Å². The lowest BCUT2D eigenvalue weighted by atomic mass is 10.2. The molecule has 1 aromatic heterocycles. The number of piperazine rings is 1. The molecule has 94 valence electrons. The number of fused-ring (bicyclic) bond motifs is 1. The number of anilines is 1. The van der Waals surface area contributed by atoms with Crippen molar-refractivity contribution in [3.63, 3.8) is 0 Å². The topological polar surface area (TPSA) is 71.5 Å². The molecule has 5 heteroatoms. The minimum atomic E-state index is -0.514. The first-order chi connectivity index (χ1) is 8.77. The second kappa shape index (κ2) is 4.34. The summed E-state index contributed by atoms with van der Waals surface area (Å²) in [6.45, 7) is 3.50. The summed E-state index contributed by atoms with van der Waals surface area (Å²) in [6.07, 6.45) is 0. The molecule has 18 heavy (non-hydrogen) atoms. The van der Waals surface area contributed by atoms with Gasteiger partial charge in [-0.15, -0.1) is 0 Å². The van der Waals surface area contributed by atoms with Crippen LogP contribution in [-0.2, 0) is 0 Å². The Morgan fingerprint density at radius 3 is 2.72 bits per heavy atom. The summed E-state index contributed by atoms with van der Waals surface area (Å²) in [7, 11) is 0. The third kappa shape index (κ3) is 1.73. The fraction of sp³-hybridized carbons (Fsp3) is 0.308. The Morgan fingerprint density at radius 1 is 1.28 bits per heavy atom. The molecule has 1 amide bonds. The number of para-hydroxylation sites is 1. The largest absolute Gasteiger partial charge is 0.449 e. The number of nitrogens with zero attached hydrogens (tertiary/aromatic N) is 1. The number of hydrogen-bond donors (Lipinski definition) is 2. The first kappa shape index (κ1) is 11.1. The molecular weight excluding hydrogens is 230 g/mol. The Hall–Kier alpha value is -2.01. The minimum Gasteiger partial charge on any atom is -0.449 e. The predicted molar refractivity (Wildman–Crippen MR) is 69.8 cm³/mol. The molecule has 2 heterocycles. The maximum absolute atomic E-state index is 11.5. The van der Waals surface area contributed by atoms with Crippen molar-refractivity contribution in [2.75, 3.05) is 31.1 Å². The van der Waals surface area contributed by atoms with Crippen molar-refractivity contribution >= 4 is 22.6 Å². The first-order valence-corrected chi connectivity index (χ1v) is 6.04. The van der Waals surface area contributed by atoms with Crippen molar-refractivity contribution < 1.29 is 9.21 Å². The molecule has 1 aliphatic heterocycles. The lowest BCUT2D eigenvalue weighted by Crippen LogP contribution is -2.44. The van der Waals surface area contributed by atoms with Crippen LogP contribution in [-0.4, -0.2) is 32.1 Å². The average molecular weight is 245 g/mol. The van der Waals surface area contributed by atoms with Crippen LogP contribution in [0, 0.1) is 0 Å². The van der Waals surface area contributed by atoms with E-state index in [9.17, 15) is 4.79 Å². The van der Waals surface area contributed by atoms with Gasteiger partial charge >= 0.3 is 0 Å². The van der Waals surface area contributed by atoms with E-state index in [0.29, 0.717) is 5.58 Å². The summed E-state index contributed by atoms with van der Waals surface area (Å²) in [6, 6.07) is 7.64. The Bertz CT molecular complexity index is 585. The monoisotopic (exact) mass is 245 g/mol. The molecule has 1 saturated heterocycles. The molecule has 5 nitrogen and oxygen atoms in total. The molecule has 1 aliphatic rings. The number of amides is 1. The van der Waals surface area contributed by atoms with Gasteiger partial charge in [0, 0.05) is 31.6 Å². The zero-order valence-corrected chi connectivity index (χ0v) is 9.98. The number of carbonyl (C=O) groups is 1. The highest BCUT2D eigenvalue weighted by molar-refractivity contribution is 6.06. The van der Waals surface area contributed by atoms with Crippen LogP contribution >= 0.6 is 0 Å². The standard InChI is InChI=1S/C13H15N3O2/c14-13(17)12-11(16-7-5-15-6-8-16)9-3-1-2-4-10(9)18-12/h1-4,15H,5-8H2,(H2,14,17). The highest BCUT2D eigenvalue weighted by Gasteiger charge is 2.24. The van der Waals surface area contributed by atoms with E-state index < -0.39 is 5.91 Å². The molecule has 0 radical (unpaired) electrons. The predicted octanol–water partition coefficient (Wildman–Crippen LogP) is 0.941. The lowest BCUT2D eigenvalue weighted by molar-refractivity contribution is 0.0976. The van der Waals surface area contributed by atoms with E-state index in [4.69, 9.17) is 10.2 Å². The second-order valence-corrected chi connectivity index (χ2v) is 4.38. The zero-order chi connectivity index (χ0) is 12.5. The summed E-state index contributed by atoms with van der Waals surface area (Å²) in [5.41, 5.74) is 6.95. The summed E-state index contributed by atoms with van der Waals surface area (Å²) < 4.78 is 5.58. The zero-order valence-electron chi connectivity index (χ0n) is 9.98. The summed E-state index contributed by atoms with van der Waals surface area (Å²) in [5, 5.41) is 4.24. The highest BCUT2D eigenvalue weighted by Crippen LogP contribution is 2.33. The van der Waals surface area contributed by atoms with Crippen LogP contribution in [0.4, 0.5) is 5.69 Å². The second-order valence-electron chi connectivity index (χ2n) is 4.38. The van der Waals surface area contributed by atoms with E-state index in [-0.39, 0.29) is 5.76 Å². The maximum atomic E-state index is 11.5. The number of primary amides is 1. The smallest absolute Gasteiger partial charge is 0.286 e. The molecule has 1 aromatic carbocycles. The van der Waals surface area contributed by atoms with Crippen molar-refractivity contribution in [1.82, 2.24) is 5.32 Å². The third-order valence-electron chi connectivity index (χ3n) is 3.23. The molecule has 0 atom stereocenters. The van der Waals surface area contributed by atoms with Gasteiger partial charge in [0.05, 0.1) is 5.69 Å². The van der Waals surface area contributed by atoms with Crippen LogP contribution in [0.3, 0.4) is 0 Å². The van der Waals surface area contributed by atoms with E-state index in [2.05, 4.69) is 10.2 Å². The van der Waals surface area contributed by atoms with Crippen molar-refractivity contribution in [1.29, 1.82) is 0 Å². The van der Waals surface area contributed by atoms with Gasteiger partial charge in [0.25, 0.3) is 5.91 Å². The van der Waals surface area contributed by atoms with E-state index in [1.807, 2.05) is 24.3 Å². The molecule has 0 spiro atoms. The van der Waals surface area contributed by atoms with Crippen molar-refractivity contribution in [3.05, 3.63) is 30.0 Å². The summed E-state index contributed by atoms with van der Waals surface area (Å²) >= 11 is 0. The number of benzene rings is 1. The Morgan fingerprint density at radius 2 is 2.00 bits per heavy atom. The Labute approximate surface area is 105 Å². The number of furan rings is 1. The van der Waals surface area contributed by atoms with Crippen LogP contribution in [0.5, 0.6) is 0 Å². The maximum Gasteiger partial charge on any atom is 0.286 e. The number of hydrogen-bond acceptors (Lipinski definition) is 4. The van der Waals surface area contributed by atoms with Crippen LogP contribution in [0.25, 0.3) is 11.0 Å². The van der Waals surface area contributed by atoms with Crippen LogP contribution in [0.2, 0.25) is 0 Å². The molecular formula is C13H15N3O2. The third-order valence-corrected chi connectivity index (χ3v) is 3.23. The van der Waals surface area contributed by atoms with Gasteiger partial charge in [0.15, 0.2) is 0 Å². The van der Waals surface area contributed by atoms with Crippen molar-refractivity contribution in [2.24, 2.45) is 5.73 Å². The average Bonchev–Trinajstić information content (AvgIpc) is 2.79. The van der Waals surface area contributed by atoms with Crippen molar-refractivity contribution in [2.45, 2.75) is 0 Å². The minimum absolute atomic E-state index is 0.262. The molecule has 3 rings (SSSR count). The van der Waals surface area contributed by atoms with Gasteiger partial charge in [-0.2, -0.15) is 0 Å². The van der Waals surface area contributed by atoms with Crippen LogP contribution in [0.15, 0.2) is 28.7 Å². The molecule has 0 unspecified atom stereocenters. The number of carbonyl (C=O) groups excluding carboxylic acids is 1. The lowest BCUT2D eigenvalue weighted by Gasteiger charge is -2.29. The van der Waals surface area contributed by atoms with E-state index in [1.165, 1.54) is 0 Å². The van der Waals surface area contributed by atoms with Gasteiger partial charge in [-0.25, -0.2) is 0 Å². The van der Waals surface area contributed by atoms with Crippen LogP contribution in [0.1, 0.15) is 10.6 Å². The Balaban J connectivity index is 2.17. The molecule has 1 fully saturated rings. The van der Waals surface area contributed by atoms with Gasteiger partial charge in [-0.3, -0.25) is 4.79 Å². The van der Waals surface area contributed by atoms with Gasteiger partial charge in [0.1, 0.15) is 5.58 Å². The van der Waals surface area contributed by atoms with Gasteiger partial charge in [-0.1, -0.05) is 12.1 Å². The number of nitrogens with one attached hydrogen (secondary N) is 1. The van der Waals surface area contributed by atoms with Crippen molar-refractivity contribution in [3.8, 4) is 0 Å².